The molecule has 70 valence electrons. The number of pyridine rings is 1. The molecule has 2 rings (SSSR count). The van der Waals surface area contributed by atoms with Crippen LogP contribution in [0.25, 0.3) is 11.1 Å². The molecule has 0 fully saturated rings. The Bertz CT molecular complexity index is 435. The summed E-state index contributed by atoms with van der Waals surface area (Å²) in [4.78, 5) is 13.5. The van der Waals surface area contributed by atoms with Crippen molar-refractivity contribution in [1.29, 1.82) is 0 Å². The van der Waals surface area contributed by atoms with E-state index in [9.17, 15) is 10.1 Å². The van der Waals surface area contributed by atoms with Crippen LogP contribution in [0, 0.1) is 10.1 Å². The minimum atomic E-state index is -0.529. The first-order valence-electron chi connectivity index (χ1n) is 3.87. The summed E-state index contributed by atoms with van der Waals surface area (Å²) in [5.74, 6) is -0.155. The van der Waals surface area contributed by atoms with E-state index < -0.39 is 4.92 Å². The number of nitrogens with zero attached hydrogens (tertiary/aromatic N) is 3. The Kier molecular flexibility index (Phi) is 1.94. The van der Waals surface area contributed by atoms with Crippen LogP contribution in [0.4, 0.5) is 5.82 Å². The monoisotopic (exact) mass is 190 g/mol. The minimum Gasteiger partial charge on any atom is -0.358 e. The fourth-order valence-electron chi connectivity index (χ4n) is 1.07. The molecule has 6 heteroatoms. The topological polar surface area (TPSA) is 84.7 Å². The summed E-state index contributed by atoms with van der Waals surface area (Å²) < 4.78 is 0. The zero-order valence-corrected chi connectivity index (χ0v) is 7.04. The number of nitro groups is 1. The van der Waals surface area contributed by atoms with E-state index in [-0.39, 0.29) is 5.82 Å². The number of hydrogen-bond donors (Lipinski definition) is 1. The first-order chi connectivity index (χ1) is 6.77. The van der Waals surface area contributed by atoms with Gasteiger partial charge in [0.25, 0.3) is 0 Å². The van der Waals surface area contributed by atoms with E-state index in [1.165, 1.54) is 12.3 Å². The molecule has 0 saturated heterocycles. The average molecular weight is 190 g/mol. The van der Waals surface area contributed by atoms with Crippen molar-refractivity contribution in [1.82, 2.24) is 15.2 Å². The lowest BCUT2D eigenvalue weighted by Crippen LogP contribution is -1.90. The van der Waals surface area contributed by atoms with Crippen LogP contribution in [0.1, 0.15) is 0 Å². The molecular weight excluding hydrogens is 184 g/mol. The van der Waals surface area contributed by atoms with Gasteiger partial charge in [0.15, 0.2) is 0 Å². The third kappa shape index (κ3) is 1.45. The highest BCUT2D eigenvalue weighted by atomic mass is 16.6. The highest BCUT2D eigenvalue weighted by Crippen LogP contribution is 2.18. The predicted molar refractivity (Wildman–Crippen MR) is 48.5 cm³/mol. The summed E-state index contributed by atoms with van der Waals surface area (Å²) in [5, 5.41) is 16.7. The van der Waals surface area contributed by atoms with Crippen molar-refractivity contribution in [3.63, 3.8) is 0 Å². The van der Waals surface area contributed by atoms with Crippen molar-refractivity contribution in [2.45, 2.75) is 0 Å². The molecule has 1 N–H and O–H groups in total. The van der Waals surface area contributed by atoms with Gasteiger partial charge in [-0.1, -0.05) is 0 Å². The summed E-state index contributed by atoms with van der Waals surface area (Å²) in [6.07, 6.45) is 4.77. The molecule has 0 aliphatic rings. The molecule has 0 amide bonds. The summed E-state index contributed by atoms with van der Waals surface area (Å²) in [6, 6.07) is 3.00. The molecule has 0 unspecified atom stereocenters. The van der Waals surface area contributed by atoms with Gasteiger partial charge in [0.1, 0.15) is 6.20 Å². The lowest BCUT2D eigenvalue weighted by atomic mass is 10.2. The van der Waals surface area contributed by atoms with Crippen molar-refractivity contribution in [3.8, 4) is 11.1 Å². The molecule has 0 spiro atoms. The smallest absolute Gasteiger partial charge is 0.358 e. The van der Waals surface area contributed by atoms with Gasteiger partial charge in [-0.2, -0.15) is 5.10 Å². The van der Waals surface area contributed by atoms with Gasteiger partial charge in [-0.25, -0.2) is 0 Å². The van der Waals surface area contributed by atoms with Crippen molar-refractivity contribution >= 4 is 5.82 Å². The Hall–Kier alpha value is -2.24. The van der Waals surface area contributed by atoms with Crippen molar-refractivity contribution in [3.05, 3.63) is 40.8 Å². The molecule has 0 saturated carbocycles. The third-order valence-electron chi connectivity index (χ3n) is 1.77. The Morgan fingerprint density at radius 2 is 2.14 bits per heavy atom. The molecule has 2 aromatic rings. The van der Waals surface area contributed by atoms with E-state index in [4.69, 9.17) is 0 Å². The van der Waals surface area contributed by atoms with E-state index in [1.807, 2.05) is 0 Å². The second kappa shape index (κ2) is 3.25. The molecule has 2 heterocycles. The Morgan fingerprint density at radius 1 is 1.29 bits per heavy atom. The molecule has 6 nitrogen and oxygen atoms in total. The normalized spacial score (nSPS) is 10.0. The van der Waals surface area contributed by atoms with Crippen molar-refractivity contribution in [2.75, 3.05) is 0 Å². The number of aromatic nitrogens is 3. The summed E-state index contributed by atoms with van der Waals surface area (Å²) in [5.41, 5.74) is 1.65. The minimum absolute atomic E-state index is 0.155. The van der Waals surface area contributed by atoms with Crippen LogP contribution in [-0.2, 0) is 0 Å². The van der Waals surface area contributed by atoms with Crippen LogP contribution in [0.15, 0.2) is 30.7 Å². The van der Waals surface area contributed by atoms with Crippen LogP contribution in [-0.4, -0.2) is 20.1 Å². The van der Waals surface area contributed by atoms with Crippen LogP contribution in [0.5, 0.6) is 0 Å². The fraction of sp³-hybridized carbons (Fsp3) is 0. The number of nitrogens with one attached hydrogen (secondary N) is 1. The van der Waals surface area contributed by atoms with Gasteiger partial charge in [0.2, 0.25) is 0 Å². The lowest BCUT2D eigenvalue weighted by Gasteiger charge is -1.93. The fourth-order valence-corrected chi connectivity index (χ4v) is 1.07. The standard InChI is InChI=1S/C8H6N4O2/c13-12(14)8-2-1-6(3-9-8)7-4-10-11-5-7/h1-5H,(H,10,11). The highest BCUT2D eigenvalue weighted by molar-refractivity contribution is 5.60. The third-order valence-corrected chi connectivity index (χ3v) is 1.77. The molecule has 2 aromatic heterocycles. The van der Waals surface area contributed by atoms with Gasteiger partial charge in [-0.3, -0.25) is 5.10 Å². The van der Waals surface area contributed by atoms with Gasteiger partial charge in [0.05, 0.1) is 6.20 Å². The summed E-state index contributed by atoms with van der Waals surface area (Å²) >= 11 is 0. The van der Waals surface area contributed by atoms with E-state index in [0.29, 0.717) is 0 Å². The Morgan fingerprint density at radius 3 is 2.64 bits per heavy atom. The van der Waals surface area contributed by atoms with Gasteiger partial charge in [-0.15, -0.1) is 0 Å². The largest absolute Gasteiger partial charge is 0.363 e. The SMILES string of the molecule is O=[N+]([O-])c1ccc(-c2cn[nH]c2)cn1. The molecule has 14 heavy (non-hydrogen) atoms. The van der Waals surface area contributed by atoms with Gasteiger partial charge in [0, 0.05) is 23.4 Å². The number of aromatic amines is 1. The maximum atomic E-state index is 10.3. The first-order valence-corrected chi connectivity index (χ1v) is 3.87. The van der Waals surface area contributed by atoms with E-state index in [2.05, 4.69) is 15.2 Å². The Labute approximate surface area is 78.8 Å². The first kappa shape index (κ1) is 8.36. The molecule has 0 atom stereocenters. The average Bonchev–Trinajstić information content (AvgIpc) is 2.71. The van der Waals surface area contributed by atoms with Crippen molar-refractivity contribution in [2.24, 2.45) is 0 Å². The lowest BCUT2D eigenvalue weighted by molar-refractivity contribution is -0.389. The molecule has 0 radical (unpaired) electrons. The molecule has 0 aliphatic carbocycles. The maximum Gasteiger partial charge on any atom is 0.363 e. The summed E-state index contributed by atoms with van der Waals surface area (Å²) in [7, 11) is 0. The zero-order chi connectivity index (χ0) is 9.97. The predicted octanol–water partition coefficient (Wildman–Crippen LogP) is 1.38. The van der Waals surface area contributed by atoms with Crippen LogP contribution < -0.4 is 0 Å². The van der Waals surface area contributed by atoms with E-state index in [0.717, 1.165) is 11.1 Å². The van der Waals surface area contributed by atoms with E-state index in [1.54, 1.807) is 18.5 Å². The van der Waals surface area contributed by atoms with Crippen LogP contribution >= 0.6 is 0 Å². The molecule has 0 aromatic carbocycles. The second-order valence-corrected chi connectivity index (χ2v) is 2.65. The van der Waals surface area contributed by atoms with Crippen molar-refractivity contribution < 1.29 is 4.92 Å². The quantitative estimate of drug-likeness (QED) is 0.572. The number of H-pyrrole nitrogens is 1. The van der Waals surface area contributed by atoms with E-state index >= 15 is 0 Å². The van der Waals surface area contributed by atoms with Gasteiger partial charge >= 0.3 is 5.82 Å². The zero-order valence-electron chi connectivity index (χ0n) is 7.04. The molecular formula is C8H6N4O2. The van der Waals surface area contributed by atoms with Gasteiger partial charge < -0.3 is 10.1 Å². The number of rotatable bonds is 2. The molecule has 0 bridgehead atoms. The van der Waals surface area contributed by atoms with Crippen LogP contribution in [0.3, 0.4) is 0 Å². The second-order valence-electron chi connectivity index (χ2n) is 2.65. The molecule has 0 aliphatic heterocycles. The van der Waals surface area contributed by atoms with Gasteiger partial charge in [-0.05, 0) is 16.0 Å². The maximum absolute atomic E-state index is 10.3. The summed E-state index contributed by atoms with van der Waals surface area (Å²) in [6.45, 7) is 0. The Balaban J connectivity index is 2.36. The number of hydrogen-bond acceptors (Lipinski definition) is 4. The highest BCUT2D eigenvalue weighted by Gasteiger charge is 2.07. The van der Waals surface area contributed by atoms with Crippen LogP contribution in [0.2, 0.25) is 0 Å².